The van der Waals surface area contributed by atoms with E-state index >= 15 is 0 Å². The second-order valence-corrected chi connectivity index (χ2v) is 6.42. The highest BCUT2D eigenvalue weighted by Crippen LogP contribution is 2.30. The van der Waals surface area contributed by atoms with Crippen molar-refractivity contribution in [2.75, 3.05) is 24.5 Å². The van der Waals surface area contributed by atoms with Gasteiger partial charge in [0, 0.05) is 37.6 Å². The lowest BCUT2D eigenvalue weighted by Crippen LogP contribution is -2.51. The van der Waals surface area contributed by atoms with E-state index in [1.54, 1.807) is 6.92 Å². The third kappa shape index (κ3) is 3.37. The standard InChI is InChI=1S/C15H18Cl2N4O/c1-10-8-21(14-7-12(16)3-4-13(14)17)6-5-20(10)9-15-19-18-11(2)22-15/h3-4,7,10H,5-6,8-9H2,1-2H3. The van der Waals surface area contributed by atoms with Crippen LogP contribution in [0.15, 0.2) is 22.6 Å². The van der Waals surface area contributed by atoms with E-state index in [2.05, 4.69) is 26.9 Å². The molecule has 0 radical (unpaired) electrons. The van der Waals surface area contributed by atoms with E-state index in [9.17, 15) is 0 Å². The Bertz CT molecular complexity index is 661. The largest absolute Gasteiger partial charge is 0.424 e. The first kappa shape index (κ1) is 15.6. The number of piperazine rings is 1. The summed E-state index contributed by atoms with van der Waals surface area (Å²) >= 11 is 12.4. The molecular weight excluding hydrogens is 323 g/mol. The molecule has 5 nitrogen and oxygen atoms in total. The molecule has 0 N–H and O–H groups in total. The third-order valence-corrected chi connectivity index (χ3v) is 4.47. The van der Waals surface area contributed by atoms with Crippen molar-refractivity contribution in [2.24, 2.45) is 0 Å². The average molecular weight is 341 g/mol. The van der Waals surface area contributed by atoms with Gasteiger partial charge in [-0.05, 0) is 25.1 Å². The molecule has 1 aliphatic heterocycles. The van der Waals surface area contributed by atoms with Crippen molar-refractivity contribution >= 4 is 28.9 Å². The first-order chi connectivity index (χ1) is 10.5. The molecule has 118 valence electrons. The van der Waals surface area contributed by atoms with Crippen molar-refractivity contribution in [1.29, 1.82) is 0 Å². The Labute approximate surface area is 139 Å². The fraction of sp³-hybridized carbons (Fsp3) is 0.467. The smallest absolute Gasteiger partial charge is 0.230 e. The molecule has 0 saturated carbocycles. The topological polar surface area (TPSA) is 45.4 Å². The molecule has 0 aliphatic carbocycles. The molecule has 0 bridgehead atoms. The zero-order chi connectivity index (χ0) is 15.7. The summed E-state index contributed by atoms with van der Waals surface area (Å²) in [5.74, 6) is 1.27. The van der Waals surface area contributed by atoms with Gasteiger partial charge in [0.25, 0.3) is 0 Å². The number of hydrogen-bond donors (Lipinski definition) is 0. The Kier molecular flexibility index (Phi) is 4.57. The first-order valence-electron chi connectivity index (χ1n) is 7.26. The van der Waals surface area contributed by atoms with Crippen LogP contribution in [0.2, 0.25) is 10.0 Å². The van der Waals surface area contributed by atoms with Crippen LogP contribution >= 0.6 is 23.2 Å². The van der Waals surface area contributed by atoms with Gasteiger partial charge in [0.05, 0.1) is 17.3 Å². The summed E-state index contributed by atoms with van der Waals surface area (Å²) in [6, 6.07) is 5.94. The molecule has 1 saturated heterocycles. The van der Waals surface area contributed by atoms with Crippen LogP contribution < -0.4 is 4.90 Å². The first-order valence-corrected chi connectivity index (χ1v) is 8.01. The number of nitrogens with zero attached hydrogens (tertiary/aromatic N) is 4. The van der Waals surface area contributed by atoms with Gasteiger partial charge in [-0.1, -0.05) is 23.2 Å². The van der Waals surface area contributed by atoms with Gasteiger partial charge in [0.1, 0.15) is 0 Å². The molecule has 7 heteroatoms. The number of aryl methyl sites for hydroxylation is 1. The van der Waals surface area contributed by atoms with Crippen molar-refractivity contribution in [1.82, 2.24) is 15.1 Å². The highest BCUT2D eigenvalue weighted by Gasteiger charge is 2.26. The predicted molar refractivity (Wildman–Crippen MR) is 87.6 cm³/mol. The second kappa shape index (κ2) is 6.44. The normalized spacial score (nSPS) is 19.6. The summed E-state index contributed by atoms with van der Waals surface area (Å²) in [5, 5.41) is 9.38. The molecule has 2 aromatic rings. The van der Waals surface area contributed by atoms with Crippen LogP contribution in [0.1, 0.15) is 18.7 Å². The average Bonchev–Trinajstić information content (AvgIpc) is 2.89. The van der Waals surface area contributed by atoms with Crippen LogP contribution in [0.25, 0.3) is 0 Å². The lowest BCUT2D eigenvalue weighted by Gasteiger charge is -2.40. The Morgan fingerprint density at radius 1 is 1.27 bits per heavy atom. The van der Waals surface area contributed by atoms with Crippen molar-refractivity contribution in [2.45, 2.75) is 26.4 Å². The molecular formula is C15H18Cl2N4O. The Hall–Kier alpha value is -1.30. The van der Waals surface area contributed by atoms with Crippen LogP contribution in [0.5, 0.6) is 0 Å². The fourth-order valence-electron chi connectivity index (χ4n) is 2.75. The summed E-state index contributed by atoms with van der Waals surface area (Å²) in [6.45, 7) is 7.35. The van der Waals surface area contributed by atoms with Crippen LogP contribution in [-0.2, 0) is 6.54 Å². The lowest BCUT2D eigenvalue weighted by atomic mass is 10.1. The maximum absolute atomic E-state index is 6.30. The molecule has 0 spiro atoms. The van der Waals surface area contributed by atoms with Gasteiger partial charge in [-0.2, -0.15) is 0 Å². The summed E-state index contributed by atoms with van der Waals surface area (Å²) in [6.07, 6.45) is 0. The number of rotatable bonds is 3. The van der Waals surface area contributed by atoms with Gasteiger partial charge < -0.3 is 9.32 Å². The third-order valence-electron chi connectivity index (χ3n) is 3.92. The summed E-state index contributed by atoms with van der Waals surface area (Å²) in [4.78, 5) is 4.61. The van der Waals surface area contributed by atoms with Gasteiger partial charge in [-0.15, -0.1) is 10.2 Å². The Morgan fingerprint density at radius 3 is 2.77 bits per heavy atom. The van der Waals surface area contributed by atoms with E-state index in [0.717, 1.165) is 30.3 Å². The van der Waals surface area contributed by atoms with E-state index in [1.807, 2.05) is 18.2 Å². The summed E-state index contributed by atoms with van der Waals surface area (Å²) in [5.41, 5.74) is 0.995. The zero-order valence-electron chi connectivity index (χ0n) is 12.6. The van der Waals surface area contributed by atoms with Crippen molar-refractivity contribution < 1.29 is 4.42 Å². The molecule has 1 aromatic carbocycles. The minimum atomic E-state index is 0.357. The number of halogens is 2. The monoisotopic (exact) mass is 340 g/mol. The van der Waals surface area contributed by atoms with E-state index < -0.39 is 0 Å². The maximum atomic E-state index is 6.30. The van der Waals surface area contributed by atoms with Crippen LogP contribution in [0.3, 0.4) is 0 Å². The maximum Gasteiger partial charge on any atom is 0.230 e. The van der Waals surface area contributed by atoms with E-state index in [0.29, 0.717) is 29.4 Å². The molecule has 3 rings (SSSR count). The molecule has 1 unspecified atom stereocenters. The SMILES string of the molecule is Cc1nnc(CN2CCN(c3cc(Cl)ccc3Cl)CC2C)o1. The molecule has 1 atom stereocenters. The summed E-state index contributed by atoms with van der Waals surface area (Å²) < 4.78 is 5.46. The van der Waals surface area contributed by atoms with E-state index in [-0.39, 0.29) is 0 Å². The molecule has 22 heavy (non-hydrogen) atoms. The summed E-state index contributed by atoms with van der Waals surface area (Å²) in [7, 11) is 0. The molecule has 2 heterocycles. The highest BCUT2D eigenvalue weighted by molar-refractivity contribution is 6.35. The van der Waals surface area contributed by atoms with Gasteiger partial charge in [0.15, 0.2) is 0 Å². The number of anilines is 1. The van der Waals surface area contributed by atoms with E-state index in [1.165, 1.54) is 0 Å². The number of aromatic nitrogens is 2. The zero-order valence-corrected chi connectivity index (χ0v) is 14.1. The minimum absolute atomic E-state index is 0.357. The van der Waals surface area contributed by atoms with Crippen molar-refractivity contribution in [3.05, 3.63) is 40.0 Å². The van der Waals surface area contributed by atoms with Gasteiger partial charge in [-0.3, -0.25) is 4.90 Å². The minimum Gasteiger partial charge on any atom is -0.424 e. The lowest BCUT2D eigenvalue weighted by molar-refractivity contribution is 0.164. The second-order valence-electron chi connectivity index (χ2n) is 5.58. The van der Waals surface area contributed by atoms with Gasteiger partial charge in [0.2, 0.25) is 11.8 Å². The molecule has 0 amide bonds. The quantitative estimate of drug-likeness (QED) is 0.856. The Balaban J connectivity index is 1.68. The van der Waals surface area contributed by atoms with Crippen molar-refractivity contribution in [3.63, 3.8) is 0 Å². The van der Waals surface area contributed by atoms with Crippen LogP contribution in [0, 0.1) is 6.92 Å². The fourth-order valence-corrected chi connectivity index (χ4v) is 3.16. The van der Waals surface area contributed by atoms with Crippen molar-refractivity contribution in [3.8, 4) is 0 Å². The van der Waals surface area contributed by atoms with Crippen LogP contribution in [-0.4, -0.2) is 40.8 Å². The molecule has 1 fully saturated rings. The van der Waals surface area contributed by atoms with Gasteiger partial charge in [-0.25, -0.2) is 0 Å². The molecule has 1 aliphatic rings. The molecule has 1 aromatic heterocycles. The number of benzene rings is 1. The van der Waals surface area contributed by atoms with Gasteiger partial charge >= 0.3 is 0 Å². The van der Waals surface area contributed by atoms with E-state index in [4.69, 9.17) is 27.6 Å². The highest BCUT2D eigenvalue weighted by atomic mass is 35.5. The number of hydrogen-bond acceptors (Lipinski definition) is 5. The van der Waals surface area contributed by atoms with Crippen LogP contribution in [0.4, 0.5) is 5.69 Å². The predicted octanol–water partition coefficient (Wildman–Crippen LogP) is 3.40. The Morgan fingerprint density at radius 2 is 2.09 bits per heavy atom.